The van der Waals surface area contributed by atoms with E-state index in [-0.39, 0.29) is 17.7 Å². The topological polar surface area (TPSA) is 134 Å². The van der Waals surface area contributed by atoms with Crippen LogP contribution in [-0.4, -0.2) is 47.0 Å². The van der Waals surface area contributed by atoms with Crippen molar-refractivity contribution in [3.8, 4) is 5.95 Å². The van der Waals surface area contributed by atoms with Crippen molar-refractivity contribution in [2.45, 2.75) is 31.5 Å². The number of carbonyl (C=O) groups is 1. The molecule has 0 aliphatic carbocycles. The summed E-state index contributed by atoms with van der Waals surface area (Å²) in [4.78, 5) is 13.1. The van der Waals surface area contributed by atoms with Crippen LogP contribution in [-0.2, 0) is 4.79 Å². The Balaban J connectivity index is 1.34. The van der Waals surface area contributed by atoms with E-state index in [1.54, 1.807) is 29.3 Å². The van der Waals surface area contributed by atoms with Gasteiger partial charge in [-0.25, -0.2) is 14.4 Å². The Kier molecular flexibility index (Phi) is 5.05. The first-order valence-corrected chi connectivity index (χ1v) is 10.8. The molecule has 0 bridgehead atoms. The minimum absolute atomic E-state index is 0.0680. The maximum atomic E-state index is 13.1. The van der Waals surface area contributed by atoms with Crippen molar-refractivity contribution < 1.29 is 13.6 Å². The minimum Gasteiger partial charge on any atom is -0.467 e. The number of carbonyl (C=O) groups excluding carboxylic acids is 1. The summed E-state index contributed by atoms with van der Waals surface area (Å²) >= 11 is 1.18. The second-order valence-corrected chi connectivity index (χ2v) is 8.22. The van der Waals surface area contributed by atoms with E-state index >= 15 is 0 Å². The number of hydrogen-bond donors (Lipinski definition) is 1. The molecule has 0 saturated heterocycles. The fourth-order valence-electron chi connectivity index (χ4n) is 3.57. The molecule has 164 valence electrons. The van der Waals surface area contributed by atoms with Gasteiger partial charge in [-0.15, -0.1) is 10.2 Å². The lowest BCUT2D eigenvalue weighted by atomic mass is 10.1. The van der Waals surface area contributed by atoms with Crippen LogP contribution in [0.1, 0.15) is 35.4 Å². The molecule has 1 aliphatic rings. The Bertz CT molecular complexity index is 1270. The van der Waals surface area contributed by atoms with E-state index in [1.165, 1.54) is 21.4 Å². The summed E-state index contributed by atoms with van der Waals surface area (Å²) in [5, 5.41) is 19.0. The molecule has 11 nitrogen and oxygen atoms in total. The van der Waals surface area contributed by atoms with Gasteiger partial charge in [-0.2, -0.15) is 10.2 Å². The van der Waals surface area contributed by atoms with Crippen LogP contribution in [0.25, 0.3) is 5.95 Å². The highest BCUT2D eigenvalue weighted by atomic mass is 32.2. The molecule has 0 aromatic carbocycles. The zero-order valence-electron chi connectivity index (χ0n) is 17.4. The molecular formula is C20H20N8O3S. The molecule has 12 heteroatoms. The third-order valence-corrected chi connectivity index (χ3v) is 5.94. The molecule has 0 spiro atoms. The summed E-state index contributed by atoms with van der Waals surface area (Å²) < 4.78 is 13.9. The molecular weight excluding hydrogens is 432 g/mol. The van der Waals surface area contributed by atoms with Crippen molar-refractivity contribution in [2.75, 3.05) is 11.6 Å². The van der Waals surface area contributed by atoms with E-state index in [4.69, 9.17) is 14.7 Å². The van der Waals surface area contributed by atoms with Crippen molar-refractivity contribution in [1.82, 2.24) is 29.7 Å². The first-order valence-electron chi connectivity index (χ1n) is 9.85. The van der Waals surface area contributed by atoms with Crippen LogP contribution in [0.3, 0.4) is 0 Å². The Morgan fingerprint density at radius 2 is 2.03 bits per heavy atom. The molecule has 1 aliphatic heterocycles. The number of amides is 1. The third kappa shape index (κ3) is 3.58. The Hall–Kier alpha value is -3.80. The van der Waals surface area contributed by atoms with Crippen LogP contribution < -0.4 is 5.84 Å². The number of nitrogens with two attached hydrogens (primary N) is 1. The molecule has 5 heterocycles. The first-order chi connectivity index (χ1) is 15.5. The zero-order chi connectivity index (χ0) is 22.2. The summed E-state index contributed by atoms with van der Waals surface area (Å²) in [7, 11) is 0. The number of rotatable bonds is 6. The van der Waals surface area contributed by atoms with Gasteiger partial charge in [0.25, 0.3) is 11.9 Å². The van der Waals surface area contributed by atoms with Crippen molar-refractivity contribution in [2.24, 2.45) is 5.10 Å². The summed E-state index contributed by atoms with van der Waals surface area (Å²) in [6, 6.07) is 8.79. The van der Waals surface area contributed by atoms with E-state index in [1.807, 2.05) is 32.0 Å². The van der Waals surface area contributed by atoms with Gasteiger partial charge in [0.1, 0.15) is 23.3 Å². The van der Waals surface area contributed by atoms with Gasteiger partial charge in [0.15, 0.2) is 0 Å². The lowest BCUT2D eigenvalue weighted by Gasteiger charge is -2.19. The maximum absolute atomic E-state index is 13.1. The highest BCUT2D eigenvalue weighted by Gasteiger charge is 2.35. The smallest absolute Gasteiger partial charge is 0.271 e. The van der Waals surface area contributed by atoms with Crippen LogP contribution in [0.15, 0.2) is 62.0 Å². The maximum Gasteiger partial charge on any atom is 0.271 e. The molecule has 1 unspecified atom stereocenters. The normalized spacial score (nSPS) is 16.0. The summed E-state index contributed by atoms with van der Waals surface area (Å²) in [6.45, 7) is 3.79. The fraction of sp³-hybridized carbons (Fsp3) is 0.250. The van der Waals surface area contributed by atoms with Gasteiger partial charge < -0.3 is 14.7 Å². The van der Waals surface area contributed by atoms with Gasteiger partial charge in [-0.05, 0) is 44.2 Å². The number of hydrogen-bond acceptors (Lipinski definition) is 9. The SMILES string of the molecule is Cc1cc(C)n(-c2nnc(SCC(=O)N3N=C(c4ccco4)CC3c3ccco3)n2N)n1. The van der Waals surface area contributed by atoms with E-state index in [9.17, 15) is 4.79 Å². The Morgan fingerprint density at radius 3 is 2.72 bits per heavy atom. The Labute approximate surface area is 186 Å². The highest BCUT2D eigenvalue weighted by Crippen LogP contribution is 2.34. The molecule has 2 N–H and O–H groups in total. The summed E-state index contributed by atoms with van der Waals surface area (Å²) in [6.07, 6.45) is 3.65. The number of thioether (sulfide) groups is 1. The molecule has 4 aromatic heterocycles. The van der Waals surface area contributed by atoms with E-state index in [2.05, 4.69) is 20.4 Å². The molecule has 1 atom stereocenters. The molecule has 0 fully saturated rings. The zero-order valence-corrected chi connectivity index (χ0v) is 18.2. The van der Waals surface area contributed by atoms with Crippen molar-refractivity contribution in [3.63, 3.8) is 0 Å². The third-order valence-electron chi connectivity index (χ3n) is 5.01. The van der Waals surface area contributed by atoms with Crippen molar-refractivity contribution in [3.05, 3.63) is 65.8 Å². The number of nitrogen functional groups attached to an aromatic ring is 1. The number of furan rings is 2. The molecule has 5 rings (SSSR count). The quantitative estimate of drug-likeness (QED) is 0.348. The van der Waals surface area contributed by atoms with E-state index in [0.717, 1.165) is 11.4 Å². The molecule has 32 heavy (non-hydrogen) atoms. The monoisotopic (exact) mass is 452 g/mol. The molecule has 0 saturated carbocycles. The van der Waals surface area contributed by atoms with Gasteiger partial charge in [0.05, 0.1) is 24.0 Å². The van der Waals surface area contributed by atoms with E-state index in [0.29, 0.717) is 34.8 Å². The average molecular weight is 453 g/mol. The van der Waals surface area contributed by atoms with Crippen molar-refractivity contribution >= 4 is 23.4 Å². The van der Waals surface area contributed by atoms with Gasteiger partial charge >= 0.3 is 0 Å². The van der Waals surface area contributed by atoms with Crippen LogP contribution in [0, 0.1) is 13.8 Å². The predicted octanol–water partition coefficient (Wildman–Crippen LogP) is 2.45. The lowest BCUT2D eigenvalue weighted by molar-refractivity contribution is -0.130. The largest absolute Gasteiger partial charge is 0.467 e. The molecule has 0 radical (unpaired) electrons. The van der Waals surface area contributed by atoms with Gasteiger partial charge in [-0.3, -0.25) is 4.79 Å². The molecule has 4 aromatic rings. The van der Waals surface area contributed by atoms with E-state index < -0.39 is 0 Å². The number of nitrogens with zero attached hydrogens (tertiary/aromatic N) is 7. The second-order valence-electron chi connectivity index (χ2n) is 7.28. The van der Waals surface area contributed by atoms with Crippen LogP contribution in [0.5, 0.6) is 0 Å². The first kappa shape index (κ1) is 20.1. The number of aromatic nitrogens is 5. The number of aryl methyl sites for hydroxylation is 2. The predicted molar refractivity (Wildman–Crippen MR) is 116 cm³/mol. The standard InChI is InChI=1S/C20H20N8O3S/c1-12-9-13(2)27(24-12)19-22-23-20(26(19)21)32-11-18(29)28-15(17-6-4-8-31-17)10-14(25-28)16-5-3-7-30-16/h3-9,15H,10-11,21H2,1-2H3. The van der Waals surface area contributed by atoms with Crippen LogP contribution in [0.4, 0.5) is 0 Å². The summed E-state index contributed by atoms with van der Waals surface area (Å²) in [5.74, 6) is 7.68. The van der Waals surface area contributed by atoms with Crippen molar-refractivity contribution in [1.29, 1.82) is 0 Å². The van der Waals surface area contributed by atoms with Crippen LogP contribution >= 0.6 is 11.8 Å². The Morgan fingerprint density at radius 1 is 1.22 bits per heavy atom. The highest BCUT2D eigenvalue weighted by molar-refractivity contribution is 7.99. The minimum atomic E-state index is -0.348. The second kappa shape index (κ2) is 8.04. The van der Waals surface area contributed by atoms with Crippen LogP contribution in [0.2, 0.25) is 0 Å². The van der Waals surface area contributed by atoms with Gasteiger partial charge in [-0.1, -0.05) is 11.8 Å². The summed E-state index contributed by atoms with van der Waals surface area (Å²) in [5.41, 5.74) is 2.41. The van der Waals surface area contributed by atoms with Gasteiger partial charge in [0.2, 0.25) is 5.16 Å². The van der Waals surface area contributed by atoms with Gasteiger partial charge in [0, 0.05) is 12.1 Å². The lowest BCUT2D eigenvalue weighted by Crippen LogP contribution is -2.28. The molecule has 1 amide bonds. The fourth-order valence-corrected chi connectivity index (χ4v) is 4.27. The average Bonchev–Trinajstić information content (AvgIpc) is 3.57. The number of hydrazone groups is 1.